The van der Waals surface area contributed by atoms with E-state index in [4.69, 9.17) is 19.2 Å². The van der Waals surface area contributed by atoms with Crippen LogP contribution in [0.4, 0.5) is 18.1 Å². The van der Waals surface area contributed by atoms with E-state index >= 15 is 0 Å². The third kappa shape index (κ3) is 26.8. The van der Waals surface area contributed by atoms with E-state index in [9.17, 15) is 37.3 Å². The van der Waals surface area contributed by atoms with Gasteiger partial charge in [-0.3, -0.25) is 0 Å². The van der Waals surface area contributed by atoms with Gasteiger partial charge in [-0.2, -0.15) is 0 Å². The van der Waals surface area contributed by atoms with Crippen LogP contribution in [0.15, 0.2) is 0 Å². The van der Waals surface area contributed by atoms with Gasteiger partial charge in [-0.25, -0.2) is 43.5 Å². The Balaban J connectivity index is -0.000000111. The standard InChI is InChI=1S/2C2F2O4.Li.H3O4P.H/c2*3-7-1(5)2(6)8-4;;1-5(2,3)4;/h;;;(H3,1,2,3,4);. The Morgan fingerprint density at radius 3 is 0.773 bits per heavy atom. The number of hydrogen-bond acceptors (Lipinski definition) is 9. The van der Waals surface area contributed by atoms with Crippen LogP contribution in [0.3, 0.4) is 0 Å². The SMILES string of the molecule is O=C(OF)C(=O)OF.O=C(OF)C(=O)OF.O=P(O)(O)O.[LiH]. The van der Waals surface area contributed by atoms with Crippen LogP contribution in [-0.4, -0.2) is 57.4 Å². The average molecular weight is 358 g/mol. The summed E-state index contributed by atoms with van der Waals surface area (Å²) in [5, 5.41) is 0. The van der Waals surface area contributed by atoms with Gasteiger partial charge in [0.25, 0.3) is 0 Å². The number of rotatable bonds is 0. The molecular weight excluding hydrogens is 354 g/mol. The molecule has 18 heteroatoms. The summed E-state index contributed by atoms with van der Waals surface area (Å²) >= 11 is 0. The molecule has 0 heterocycles. The number of hydrogen-bond donors (Lipinski definition) is 3. The molecule has 0 spiro atoms. The number of carbonyl (C=O) groups excluding carboxylic acids is 4. The Labute approximate surface area is 127 Å². The topological polar surface area (TPSA) is 183 Å². The molecule has 12 nitrogen and oxygen atoms in total. The molecule has 0 fully saturated rings. The molecule has 0 atom stereocenters. The van der Waals surface area contributed by atoms with Gasteiger partial charge in [0, 0.05) is 18.1 Å². The fraction of sp³-hybridized carbons (Fsp3) is 0. The first-order valence-corrected chi connectivity index (χ1v) is 5.10. The van der Waals surface area contributed by atoms with Gasteiger partial charge >= 0.3 is 50.6 Å². The van der Waals surface area contributed by atoms with Crippen LogP contribution in [0, 0.1) is 0 Å². The van der Waals surface area contributed by atoms with E-state index < -0.39 is 31.7 Å². The van der Waals surface area contributed by atoms with Gasteiger partial charge in [0.2, 0.25) is 0 Å². The first-order valence-electron chi connectivity index (χ1n) is 3.53. The Morgan fingerprint density at radius 1 is 0.636 bits per heavy atom. The molecule has 22 heavy (non-hydrogen) atoms. The van der Waals surface area contributed by atoms with Crippen LogP contribution in [0.25, 0.3) is 0 Å². The van der Waals surface area contributed by atoms with Crippen molar-refractivity contribution < 1.29 is 76.3 Å². The molecule has 0 aliphatic rings. The van der Waals surface area contributed by atoms with Gasteiger partial charge in [-0.1, -0.05) is 0 Å². The van der Waals surface area contributed by atoms with Crippen LogP contribution >= 0.6 is 7.82 Å². The first-order chi connectivity index (χ1) is 9.44. The van der Waals surface area contributed by atoms with Crippen LogP contribution in [0.1, 0.15) is 0 Å². The van der Waals surface area contributed by atoms with Crippen LogP contribution in [-0.2, 0) is 43.5 Å². The molecule has 0 saturated carbocycles. The van der Waals surface area contributed by atoms with Gasteiger partial charge in [0.05, 0.1) is 0 Å². The predicted molar refractivity (Wildman–Crippen MR) is 50.2 cm³/mol. The number of phosphoric acid groups is 1. The quantitative estimate of drug-likeness (QED) is 0.190. The monoisotopic (exact) mass is 358 g/mol. The molecule has 0 bridgehead atoms. The number of halogens is 4. The van der Waals surface area contributed by atoms with Crippen LogP contribution in [0.2, 0.25) is 0 Å². The third-order valence-electron chi connectivity index (χ3n) is 0.614. The van der Waals surface area contributed by atoms with E-state index in [2.05, 4.69) is 19.8 Å². The van der Waals surface area contributed by atoms with Crippen molar-refractivity contribution in [3.8, 4) is 0 Å². The zero-order valence-corrected chi connectivity index (χ0v) is 9.87. The second-order valence-electron chi connectivity index (χ2n) is 1.97. The molecule has 0 unspecified atom stereocenters. The van der Waals surface area contributed by atoms with Crippen molar-refractivity contribution in [2.75, 3.05) is 0 Å². The van der Waals surface area contributed by atoms with Crippen molar-refractivity contribution in [1.29, 1.82) is 0 Å². The molecule has 0 saturated heterocycles. The molecule has 3 N–H and O–H groups in total. The van der Waals surface area contributed by atoms with Gasteiger partial charge < -0.3 is 14.7 Å². The molecule has 0 aromatic carbocycles. The maximum atomic E-state index is 10.5. The minimum absolute atomic E-state index is 0. The fourth-order valence-corrected chi connectivity index (χ4v) is 0.126. The Morgan fingerprint density at radius 2 is 0.727 bits per heavy atom. The summed E-state index contributed by atoms with van der Waals surface area (Å²) in [5.74, 6) is -8.08. The first kappa shape index (κ1) is 28.5. The van der Waals surface area contributed by atoms with Crippen molar-refractivity contribution in [3.63, 3.8) is 0 Å². The summed E-state index contributed by atoms with van der Waals surface area (Å²) < 4.78 is 50.9. The molecule has 126 valence electrons. The van der Waals surface area contributed by atoms with Crippen LogP contribution in [0.5, 0.6) is 0 Å². The van der Waals surface area contributed by atoms with Crippen molar-refractivity contribution in [1.82, 2.24) is 0 Å². The van der Waals surface area contributed by atoms with Crippen LogP contribution < -0.4 is 0 Å². The van der Waals surface area contributed by atoms with E-state index in [0.717, 1.165) is 0 Å². The maximum absolute atomic E-state index is 10.5. The second kappa shape index (κ2) is 15.7. The Bertz CT molecular complexity index is 346. The molecule has 0 aliphatic carbocycles. The Kier molecular flexibility index (Phi) is 20.3. The van der Waals surface area contributed by atoms with E-state index in [-0.39, 0.29) is 18.9 Å². The molecule has 0 rings (SSSR count). The summed E-state index contributed by atoms with van der Waals surface area (Å²) in [6, 6.07) is 0. The van der Waals surface area contributed by atoms with Crippen molar-refractivity contribution in [2.24, 2.45) is 0 Å². The zero-order chi connectivity index (χ0) is 17.6. The van der Waals surface area contributed by atoms with E-state index in [1.54, 1.807) is 0 Å². The van der Waals surface area contributed by atoms with Gasteiger partial charge in [-0.15, -0.1) is 0 Å². The zero-order valence-electron chi connectivity index (χ0n) is 8.97. The average Bonchev–Trinajstić information content (AvgIpc) is 2.42. The van der Waals surface area contributed by atoms with E-state index in [1.165, 1.54) is 0 Å². The molecule has 0 aromatic rings. The van der Waals surface area contributed by atoms with Gasteiger partial charge in [-0.05, 0) is 0 Å². The summed E-state index contributed by atoms with van der Waals surface area (Å²) in [5.41, 5.74) is 0. The Hall–Kier alpha value is -1.69. The van der Waals surface area contributed by atoms with Crippen molar-refractivity contribution in [2.45, 2.75) is 0 Å². The van der Waals surface area contributed by atoms with E-state index in [0.29, 0.717) is 0 Å². The molecule has 0 aromatic heterocycles. The van der Waals surface area contributed by atoms with Gasteiger partial charge in [0.15, 0.2) is 0 Å². The summed E-state index contributed by atoms with van der Waals surface area (Å²) in [6.45, 7) is 0. The summed E-state index contributed by atoms with van der Waals surface area (Å²) in [4.78, 5) is 68.3. The molecular formula is C4H4F4LiO12P. The summed E-state index contributed by atoms with van der Waals surface area (Å²) in [7, 11) is -4.64. The molecule has 0 aliphatic heterocycles. The second-order valence-corrected chi connectivity index (χ2v) is 3.00. The summed E-state index contributed by atoms with van der Waals surface area (Å²) in [6.07, 6.45) is 0. The number of carbonyl (C=O) groups is 4. The molecule has 0 amide bonds. The normalized spacial score (nSPS) is 8.32. The fourth-order valence-electron chi connectivity index (χ4n) is 0.126. The van der Waals surface area contributed by atoms with E-state index in [1.807, 2.05) is 0 Å². The van der Waals surface area contributed by atoms with Crippen molar-refractivity contribution >= 4 is 50.6 Å². The van der Waals surface area contributed by atoms with Crippen molar-refractivity contribution in [3.05, 3.63) is 0 Å². The molecule has 0 radical (unpaired) electrons. The van der Waals surface area contributed by atoms with Gasteiger partial charge in [0.1, 0.15) is 0 Å². The third-order valence-corrected chi connectivity index (χ3v) is 0.614. The minimum atomic E-state index is -4.64. The predicted octanol–water partition coefficient (Wildman–Crippen LogP) is -1.89.